The summed E-state index contributed by atoms with van der Waals surface area (Å²) >= 11 is 1.70. The number of hydrogen-bond donors (Lipinski definition) is 1. The third kappa shape index (κ3) is 3.69. The maximum Gasteiger partial charge on any atom is 0.161 e. The van der Waals surface area contributed by atoms with Gasteiger partial charge < -0.3 is 5.32 Å². The Labute approximate surface area is 262 Å². The summed E-state index contributed by atoms with van der Waals surface area (Å²) in [5, 5.41) is 7.33. The number of fused-ring (bicyclic) bond motifs is 12. The number of rotatable bonds is 2. The minimum absolute atomic E-state index is 0.119. The van der Waals surface area contributed by atoms with E-state index in [-0.39, 0.29) is 6.04 Å². The zero-order valence-corrected chi connectivity index (χ0v) is 24.9. The summed E-state index contributed by atoms with van der Waals surface area (Å²) in [6, 6.07) is 38.8. The van der Waals surface area contributed by atoms with E-state index < -0.39 is 0 Å². The van der Waals surface area contributed by atoms with E-state index in [0.29, 0.717) is 0 Å². The van der Waals surface area contributed by atoms with Gasteiger partial charge in [0.05, 0.1) is 38.3 Å². The lowest BCUT2D eigenvalue weighted by Gasteiger charge is -2.30. The zero-order chi connectivity index (χ0) is 29.5. The molecule has 1 unspecified atom stereocenters. The van der Waals surface area contributed by atoms with Crippen molar-refractivity contribution in [3.63, 3.8) is 0 Å². The molecule has 10 rings (SSSR count). The standard InChI is InChI=1S/C39H25N5S/c1-5-13-31-25(9-1)24-20-30(37-34(21-24)40-22-45-37)29-19-23(17-18-33(29)41-31)38-42-32-14-6-2-12-28(32)39(43-38)44-35-15-7-3-10-26(35)27-11-4-8-16-36(27)44/h1-17,19-22,33,41H,18H2. The second-order valence-electron chi connectivity index (χ2n) is 11.7. The van der Waals surface area contributed by atoms with E-state index in [4.69, 9.17) is 15.0 Å². The summed E-state index contributed by atoms with van der Waals surface area (Å²) in [4.78, 5) is 15.3. The highest BCUT2D eigenvalue weighted by Gasteiger charge is 2.27. The molecule has 1 atom stereocenters. The predicted molar refractivity (Wildman–Crippen MR) is 187 cm³/mol. The highest BCUT2D eigenvalue weighted by atomic mass is 32.1. The van der Waals surface area contributed by atoms with Crippen molar-refractivity contribution in [1.82, 2.24) is 19.5 Å². The molecule has 5 aromatic carbocycles. The lowest BCUT2D eigenvalue weighted by molar-refractivity contribution is 0.902. The lowest BCUT2D eigenvalue weighted by atomic mass is 9.85. The topological polar surface area (TPSA) is 55.6 Å². The molecule has 1 N–H and O–H groups in total. The molecule has 45 heavy (non-hydrogen) atoms. The van der Waals surface area contributed by atoms with E-state index in [1.807, 2.05) is 5.51 Å². The molecule has 3 aromatic heterocycles. The molecule has 0 fully saturated rings. The van der Waals surface area contributed by atoms with E-state index >= 15 is 0 Å². The Morgan fingerprint density at radius 3 is 2.29 bits per heavy atom. The van der Waals surface area contributed by atoms with E-state index in [1.54, 1.807) is 11.3 Å². The second kappa shape index (κ2) is 9.45. The Bertz CT molecular complexity index is 2520. The van der Waals surface area contributed by atoms with Crippen LogP contribution in [0.25, 0.3) is 71.0 Å². The molecule has 0 radical (unpaired) electrons. The van der Waals surface area contributed by atoms with Gasteiger partial charge in [0, 0.05) is 33.0 Å². The predicted octanol–water partition coefficient (Wildman–Crippen LogP) is 9.67. The SMILES string of the molecule is C1=C(c2nc(-n3c4ccccc4c4ccccc43)c3ccccc3n2)C=C2c3cc(cc4ncsc34)-c3ccccc3NC2C1. The quantitative estimate of drug-likeness (QED) is 0.216. The van der Waals surface area contributed by atoms with E-state index in [1.165, 1.54) is 37.7 Å². The van der Waals surface area contributed by atoms with Crippen molar-refractivity contribution >= 4 is 71.1 Å². The van der Waals surface area contributed by atoms with Crippen LogP contribution in [0.4, 0.5) is 5.69 Å². The number of nitrogens with zero attached hydrogens (tertiary/aromatic N) is 4. The van der Waals surface area contributed by atoms with Gasteiger partial charge in [-0.2, -0.15) is 0 Å². The summed E-state index contributed by atoms with van der Waals surface area (Å²) in [7, 11) is 0. The Balaban J connectivity index is 1.21. The summed E-state index contributed by atoms with van der Waals surface area (Å²) in [5.74, 6) is 1.63. The van der Waals surface area contributed by atoms with Crippen LogP contribution in [0.15, 0.2) is 127 Å². The van der Waals surface area contributed by atoms with Gasteiger partial charge in [0.2, 0.25) is 0 Å². The minimum Gasteiger partial charge on any atom is -0.377 e. The number of thiazole rings is 1. The first-order valence-corrected chi connectivity index (χ1v) is 16.1. The third-order valence-electron chi connectivity index (χ3n) is 9.20. The molecule has 1 aliphatic heterocycles. The minimum atomic E-state index is 0.119. The Morgan fingerprint density at radius 1 is 0.711 bits per heavy atom. The van der Waals surface area contributed by atoms with E-state index in [9.17, 15) is 0 Å². The molecule has 0 amide bonds. The Hall–Kier alpha value is -5.59. The van der Waals surface area contributed by atoms with Gasteiger partial charge in [-0.3, -0.25) is 4.57 Å². The van der Waals surface area contributed by atoms with Gasteiger partial charge in [-0.15, -0.1) is 11.3 Å². The van der Waals surface area contributed by atoms with Gasteiger partial charge in [0.1, 0.15) is 5.82 Å². The highest BCUT2D eigenvalue weighted by Crippen LogP contribution is 2.43. The van der Waals surface area contributed by atoms with Crippen LogP contribution >= 0.6 is 11.3 Å². The Kier molecular flexibility index (Phi) is 5.21. The summed E-state index contributed by atoms with van der Waals surface area (Å²) in [6.45, 7) is 0. The monoisotopic (exact) mass is 595 g/mol. The van der Waals surface area contributed by atoms with Crippen LogP contribution in [0.1, 0.15) is 17.8 Å². The largest absolute Gasteiger partial charge is 0.377 e. The summed E-state index contributed by atoms with van der Waals surface area (Å²) in [5.41, 5.74) is 13.2. The normalized spacial score (nSPS) is 15.7. The maximum atomic E-state index is 5.37. The average molecular weight is 596 g/mol. The number of nitrogens with one attached hydrogen (secondary N) is 1. The lowest BCUT2D eigenvalue weighted by Crippen LogP contribution is -2.24. The number of aromatic nitrogens is 4. The zero-order valence-electron chi connectivity index (χ0n) is 24.1. The molecule has 0 saturated carbocycles. The first kappa shape index (κ1) is 24.8. The number of hydrogen-bond acceptors (Lipinski definition) is 5. The fourth-order valence-electron chi connectivity index (χ4n) is 7.15. The number of anilines is 1. The molecular formula is C39H25N5S. The van der Waals surface area contributed by atoms with Crippen molar-refractivity contribution in [1.29, 1.82) is 0 Å². The average Bonchev–Trinajstić information content (AvgIpc) is 3.70. The molecule has 6 heteroatoms. The molecule has 5 nitrogen and oxygen atoms in total. The van der Waals surface area contributed by atoms with E-state index in [2.05, 4.69) is 131 Å². The second-order valence-corrected chi connectivity index (χ2v) is 12.6. The van der Waals surface area contributed by atoms with Crippen molar-refractivity contribution in [2.75, 3.05) is 5.32 Å². The molecular weight excluding hydrogens is 571 g/mol. The molecule has 4 heterocycles. The smallest absolute Gasteiger partial charge is 0.161 e. The fraction of sp³-hybridized carbons (Fsp3) is 0.0513. The van der Waals surface area contributed by atoms with Crippen LogP contribution in [0.3, 0.4) is 0 Å². The van der Waals surface area contributed by atoms with Gasteiger partial charge in [0.25, 0.3) is 0 Å². The van der Waals surface area contributed by atoms with Crippen LogP contribution in [-0.2, 0) is 0 Å². The number of allylic oxidation sites excluding steroid dienone is 2. The van der Waals surface area contributed by atoms with Crippen LogP contribution < -0.4 is 5.32 Å². The molecule has 212 valence electrons. The molecule has 1 aliphatic carbocycles. The van der Waals surface area contributed by atoms with Crippen LogP contribution in [-0.4, -0.2) is 25.6 Å². The van der Waals surface area contributed by atoms with Crippen molar-refractivity contribution < 1.29 is 0 Å². The molecule has 2 bridgehead atoms. The van der Waals surface area contributed by atoms with E-state index in [0.717, 1.165) is 56.8 Å². The first-order chi connectivity index (χ1) is 22.3. The van der Waals surface area contributed by atoms with Crippen LogP contribution in [0, 0.1) is 0 Å². The van der Waals surface area contributed by atoms with Gasteiger partial charge >= 0.3 is 0 Å². The fourth-order valence-corrected chi connectivity index (χ4v) is 7.96. The highest BCUT2D eigenvalue weighted by molar-refractivity contribution is 7.17. The molecule has 0 saturated heterocycles. The van der Waals surface area contributed by atoms with Crippen molar-refractivity contribution in [3.8, 4) is 16.9 Å². The van der Waals surface area contributed by atoms with Gasteiger partial charge in [-0.1, -0.05) is 72.8 Å². The number of para-hydroxylation sites is 4. The van der Waals surface area contributed by atoms with Crippen molar-refractivity contribution in [2.45, 2.75) is 12.5 Å². The molecule has 8 aromatic rings. The maximum absolute atomic E-state index is 5.37. The van der Waals surface area contributed by atoms with Crippen molar-refractivity contribution in [3.05, 3.63) is 138 Å². The van der Waals surface area contributed by atoms with Gasteiger partial charge in [-0.25, -0.2) is 15.0 Å². The molecule has 2 aliphatic rings. The van der Waals surface area contributed by atoms with Gasteiger partial charge in [0.15, 0.2) is 5.82 Å². The first-order valence-electron chi connectivity index (χ1n) is 15.2. The van der Waals surface area contributed by atoms with Crippen LogP contribution in [0.5, 0.6) is 0 Å². The Morgan fingerprint density at radius 2 is 1.44 bits per heavy atom. The van der Waals surface area contributed by atoms with Crippen LogP contribution in [0.2, 0.25) is 0 Å². The number of benzene rings is 5. The third-order valence-corrected chi connectivity index (χ3v) is 10.1. The summed E-state index contributed by atoms with van der Waals surface area (Å²) in [6.07, 6.45) is 5.41. The van der Waals surface area contributed by atoms with Crippen molar-refractivity contribution in [2.24, 2.45) is 0 Å². The molecule has 0 spiro atoms. The summed E-state index contributed by atoms with van der Waals surface area (Å²) < 4.78 is 3.51. The van der Waals surface area contributed by atoms with Gasteiger partial charge in [-0.05, 0) is 71.7 Å².